The van der Waals surface area contributed by atoms with Gasteiger partial charge in [0.2, 0.25) is 0 Å². The number of nitrogen functional groups attached to an aromatic ring is 1. The van der Waals surface area contributed by atoms with Gasteiger partial charge in [-0.15, -0.1) is 0 Å². The zero-order valence-corrected chi connectivity index (χ0v) is 12.1. The van der Waals surface area contributed by atoms with E-state index in [9.17, 15) is 4.79 Å². The third kappa shape index (κ3) is 3.19. The molecule has 3 N–H and O–H groups in total. The number of hydrogen-bond acceptors (Lipinski definition) is 3. The lowest BCUT2D eigenvalue weighted by atomic mass is 10.0. The number of allylic oxidation sites excluding steroid dienone is 2. The number of nitrogens with zero attached hydrogens (tertiary/aromatic N) is 1. The van der Waals surface area contributed by atoms with Crippen molar-refractivity contribution >= 4 is 23.0 Å². The summed E-state index contributed by atoms with van der Waals surface area (Å²) in [6.07, 6.45) is 5.70. The molecule has 0 aromatic heterocycles. The van der Waals surface area contributed by atoms with Crippen LogP contribution in [0.5, 0.6) is 0 Å². The molecule has 2 amide bonds. The summed E-state index contributed by atoms with van der Waals surface area (Å²) in [6, 6.07) is 5.76. The number of nitrogens with one attached hydrogen (secondary N) is 1. The highest BCUT2D eigenvalue weighted by Crippen LogP contribution is 2.31. The molecule has 0 radical (unpaired) electrons. The summed E-state index contributed by atoms with van der Waals surface area (Å²) >= 11 is 0. The molecular formula is C16H21N3O2. The standard InChI is InChI=1S/C16H21N3O2/c17-14-6-5-13(12-3-1-2-4-12)11-15(14)18-16(20)19-7-9-21-10-8-19/h3,5-6,11H,1-2,4,7-10,17H2,(H,18,20). The van der Waals surface area contributed by atoms with Crippen LogP contribution in [0.15, 0.2) is 24.3 Å². The molecule has 0 spiro atoms. The van der Waals surface area contributed by atoms with Crippen LogP contribution < -0.4 is 11.1 Å². The average Bonchev–Trinajstić information content (AvgIpc) is 3.04. The Morgan fingerprint density at radius 3 is 2.81 bits per heavy atom. The van der Waals surface area contributed by atoms with Gasteiger partial charge in [-0.2, -0.15) is 0 Å². The number of morpholine rings is 1. The molecule has 1 aliphatic heterocycles. The van der Waals surface area contributed by atoms with E-state index in [0.717, 1.165) is 18.4 Å². The van der Waals surface area contributed by atoms with E-state index in [4.69, 9.17) is 10.5 Å². The van der Waals surface area contributed by atoms with Gasteiger partial charge in [0.15, 0.2) is 0 Å². The van der Waals surface area contributed by atoms with Crippen LogP contribution in [0.4, 0.5) is 16.2 Å². The van der Waals surface area contributed by atoms with Crippen LogP contribution in [0.3, 0.4) is 0 Å². The van der Waals surface area contributed by atoms with Crippen LogP contribution in [0.25, 0.3) is 5.57 Å². The van der Waals surface area contributed by atoms with Gasteiger partial charge in [0.05, 0.1) is 24.6 Å². The Kier molecular flexibility index (Phi) is 4.10. The highest BCUT2D eigenvalue weighted by molar-refractivity contribution is 5.93. The summed E-state index contributed by atoms with van der Waals surface area (Å²) in [5, 5.41) is 2.92. The molecule has 0 atom stereocenters. The zero-order valence-electron chi connectivity index (χ0n) is 12.1. The Morgan fingerprint density at radius 1 is 1.29 bits per heavy atom. The summed E-state index contributed by atoms with van der Waals surface area (Å²) in [5.41, 5.74) is 9.77. The minimum absolute atomic E-state index is 0.109. The van der Waals surface area contributed by atoms with Crippen molar-refractivity contribution in [3.05, 3.63) is 29.8 Å². The van der Waals surface area contributed by atoms with Crippen LogP contribution in [-0.2, 0) is 4.74 Å². The molecule has 1 fully saturated rings. The fraction of sp³-hybridized carbons (Fsp3) is 0.438. The van der Waals surface area contributed by atoms with Crippen molar-refractivity contribution in [2.75, 3.05) is 37.4 Å². The summed E-state index contributed by atoms with van der Waals surface area (Å²) in [6.45, 7) is 2.43. The number of urea groups is 1. The molecule has 1 saturated heterocycles. The van der Waals surface area contributed by atoms with Crippen molar-refractivity contribution < 1.29 is 9.53 Å². The van der Waals surface area contributed by atoms with E-state index < -0.39 is 0 Å². The Morgan fingerprint density at radius 2 is 2.10 bits per heavy atom. The Balaban J connectivity index is 1.74. The van der Waals surface area contributed by atoms with Crippen molar-refractivity contribution in [2.45, 2.75) is 19.3 Å². The van der Waals surface area contributed by atoms with Crippen molar-refractivity contribution in [1.29, 1.82) is 0 Å². The van der Waals surface area contributed by atoms with Gasteiger partial charge in [0, 0.05) is 13.1 Å². The molecule has 2 aliphatic rings. The first kappa shape index (κ1) is 13.9. The lowest BCUT2D eigenvalue weighted by molar-refractivity contribution is 0.0564. The van der Waals surface area contributed by atoms with Gasteiger partial charge in [0.25, 0.3) is 0 Å². The molecule has 0 unspecified atom stereocenters. The van der Waals surface area contributed by atoms with E-state index in [1.54, 1.807) is 4.90 Å². The van der Waals surface area contributed by atoms with Crippen LogP contribution >= 0.6 is 0 Å². The first-order valence-electron chi connectivity index (χ1n) is 7.46. The van der Waals surface area contributed by atoms with Gasteiger partial charge >= 0.3 is 6.03 Å². The molecule has 1 heterocycles. The number of amides is 2. The number of ether oxygens (including phenoxy) is 1. The van der Waals surface area contributed by atoms with Crippen molar-refractivity contribution in [3.8, 4) is 0 Å². The minimum atomic E-state index is -0.109. The summed E-state index contributed by atoms with van der Waals surface area (Å²) < 4.78 is 5.26. The number of hydrogen-bond donors (Lipinski definition) is 2. The van der Waals surface area contributed by atoms with Gasteiger partial charge in [-0.25, -0.2) is 4.79 Å². The Labute approximate surface area is 124 Å². The molecule has 1 aromatic rings. The predicted molar refractivity (Wildman–Crippen MR) is 84.1 cm³/mol. The Hall–Kier alpha value is -2.01. The van der Waals surface area contributed by atoms with Crippen LogP contribution in [0.1, 0.15) is 24.8 Å². The quantitative estimate of drug-likeness (QED) is 0.822. The second-order valence-corrected chi connectivity index (χ2v) is 5.45. The van der Waals surface area contributed by atoms with E-state index in [1.165, 1.54) is 12.0 Å². The van der Waals surface area contributed by atoms with Gasteiger partial charge in [-0.3, -0.25) is 0 Å². The number of benzene rings is 1. The monoisotopic (exact) mass is 287 g/mol. The van der Waals surface area contributed by atoms with E-state index in [-0.39, 0.29) is 6.03 Å². The zero-order chi connectivity index (χ0) is 14.7. The lowest BCUT2D eigenvalue weighted by Crippen LogP contribution is -2.43. The van der Waals surface area contributed by atoms with Crippen LogP contribution in [-0.4, -0.2) is 37.2 Å². The normalized spacial score (nSPS) is 18.5. The van der Waals surface area contributed by atoms with E-state index in [0.29, 0.717) is 37.7 Å². The van der Waals surface area contributed by atoms with E-state index >= 15 is 0 Å². The molecule has 0 saturated carbocycles. The summed E-state index contributed by atoms with van der Waals surface area (Å²) in [4.78, 5) is 14.0. The number of carbonyl (C=O) groups is 1. The SMILES string of the molecule is Nc1ccc(C2=CCCC2)cc1NC(=O)N1CCOCC1. The predicted octanol–water partition coefficient (Wildman–Crippen LogP) is 2.70. The molecule has 3 rings (SSSR count). The van der Waals surface area contributed by atoms with Crippen molar-refractivity contribution in [3.63, 3.8) is 0 Å². The molecule has 21 heavy (non-hydrogen) atoms. The number of carbonyl (C=O) groups excluding carboxylic acids is 1. The first-order valence-corrected chi connectivity index (χ1v) is 7.46. The molecular weight excluding hydrogens is 266 g/mol. The maximum Gasteiger partial charge on any atom is 0.322 e. The number of anilines is 2. The van der Waals surface area contributed by atoms with Gasteiger partial charge in [-0.05, 0) is 42.5 Å². The second kappa shape index (κ2) is 6.18. The van der Waals surface area contributed by atoms with E-state index in [1.807, 2.05) is 18.2 Å². The van der Waals surface area contributed by atoms with Crippen molar-refractivity contribution in [2.24, 2.45) is 0 Å². The highest BCUT2D eigenvalue weighted by Gasteiger charge is 2.18. The topological polar surface area (TPSA) is 67.6 Å². The van der Waals surface area contributed by atoms with Gasteiger partial charge < -0.3 is 20.7 Å². The fourth-order valence-corrected chi connectivity index (χ4v) is 2.76. The third-order valence-corrected chi connectivity index (χ3v) is 4.00. The van der Waals surface area contributed by atoms with Gasteiger partial charge in [0.1, 0.15) is 0 Å². The number of rotatable bonds is 2. The lowest BCUT2D eigenvalue weighted by Gasteiger charge is -2.27. The largest absolute Gasteiger partial charge is 0.397 e. The Bertz CT molecular complexity index is 563. The van der Waals surface area contributed by atoms with Crippen LogP contribution in [0, 0.1) is 0 Å². The molecule has 1 aromatic carbocycles. The molecule has 5 nitrogen and oxygen atoms in total. The average molecular weight is 287 g/mol. The maximum atomic E-state index is 12.2. The second-order valence-electron chi connectivity index (χ2n) is 5.45. The highest BCUT2D eigenvalue weighted by atomic mass is 16.5. The minimum Gasteiger partial charge on any atom is -0.397 e. The first-order chi connectivity index (χ1) is 10.2. The molecule has 112 valence electrons. The maximum absolute atomic E-state index is 12.2. The summed E-state index contributed by atoms with van der Waals surface area (Å²) in [7, 11) is 0. The van der Waals surface area contributed by atoms with Crippen LogP contribution in [0.2, 0.25) is 0 Å². The smallest absolute Gasteiger partial charge is 0.322 e. The molecule has 1 aliphatic carbocycles. The van der Waals surface area contributed by atoms with E-state index in [2.05, 4.69) is 11.4 Å². The fourth-order valence-electron chi connectivity index (χ4n) is 2.76. The number of nitrogens with two attached hydrogens (primary N) is 1. The third-order valence-electron chi connectivity index (χ3n) is 4.00. The van der Waals surface area contributed by atoms with Gasteiger partial charge in [-0.1, -0.05) is 12.1 Å². The van der Waals surface area contributed by atoms with Crippen molar-refractivity contribution in [1.82, 2.24) is 4.90 Å². The summed E-state index contributed by atoms with van der Waals surface area (Å²) in [5.74, 6) is 0. The molecule has 0 bridgehead atoms. The molecule has 5 heteroatoms.